The highest BCUT2D eigenvalue weighted by atomic mass is 35.5. The Labute approximate surface area is 109 Å². The molecule has 0 spiro atoms. The molecule has 2 rings (SSSR count). The van der Waals surface area contributed by atoms with E-state index in [-0.39, 0.29) is 17.6 Å². The van der Waals surface area contributed by atoms with E-state index in [0.29, 0.717) is 10.4 Å². The van der Waals surface area contributed by atoms with Crippen LogP contribution in [0.3, 0.4) is 0 Å². The number of benzene rings is 1. The number of hydrogen-bond donors (Lipinski definition) is 0. The van der Waals surface area contributed by atoms with Crippen LogP contribution in [-0.4, -0.2) is 17.1 Å². The zero-order valence-electron chi connectivity index (χ0n) is 10.1. The van der Waals surface area contributed by atoms with Crippen LogP contribution in [0, 0.1) is 0 Å². The fraction of sp³-hybridized carbons (Fsp3) is 0.231. The van der Waals surface area contributed by atoms with E-state index in [9.17, 15) is 9.59 Å². The van der Waals surface area contributed by atoms with Gasteiger partial charge in [-0.3, -0.25) is 4.79 Å². The van der Waals surface area contributed by atoms with Gasteiger partial charge in [-0.2, -0.15) is 0 Å². The Morgan fingerprint density at radius 1 is 1.44 bits per heavy atom. The summed E-state index contributed by atoms with van der Waals surface area (Å²) in [6, 6.07) is 5.00. The predicted molar refractivity (Wildman–Crippen MR) is 70.2 cm³/mol. The number of halogens is 1. The standard InChI is InChI=1S/C13H12ClNO3/c1-3-18-13(17)10-7-15(2)11-5-4-8(14)6-9(11)12(10)16/h4-7H,3H2,1-2H3. The highest BCUT2D eigenvalue weighted by Gasteiger charge is 2.15. The molecule has 2 aromatic rings. The number of pyridine rings is 1. The molecule has 4 nitrogen and oxygen atoms in total. The van der Waals surface area contributed by atoms with Gasteiger partial charge in [-0.15, -0.1) is 0 Å². The van der Waals surface area contributed by atoms with Crippen LogP contribution in [0.25, 0.3) is 10.9 Å². The van der Waals surface area contributed by atoms with Gasteiger partial charge in [-0.1, -0.05) is 11.6 Å². The summed E-state index contributed by atoms with van der Waals surface area (Å²) < 4.78 is 6.57. The molecule has 0 atom stereocenters. The molecule has 0 radical (unpaired) electrons. The maximum absolute atomic E-state index is 12.2. The van der Waals surface area contributed by atoms with Crippen LogP contribution in [0.5, 0.6) is 0 Å². The molecule has 0 fully saturated rings. The molecule has 0 unspecified atom stereocenters. The minimum absolute atomic E-state index is 0.0223. The fourth-order valence-electron chi connectivity index (χ4n) is 1.82. The number of rotatable bonds is 2. The minimum atomic E-state index is -0.611. The second kappa shape index (κ2) is 4.82. The van der Waals surface area contributed by atoms with Crippen molar-refractivity contribution < 1.29 is 9.53 Å². The van der Waals surface area contributed by atoms with Gasteiger partial charge in [-0.25, -0.2) is 4.79 Å². The van der Waals surface area contributed by atoms with Crippen LogP contribution in [0.15, 0.2) is 29.2 Å². The average molecular weight is 266 g/mol. The van der Waals surface area contributed by atoms with Crippen molar-refractivity contribution in [2.75, 3.05) is 6.61 Å². The van der Waals surface area contributed by atoms with Gasteiger partial charge in [0.1, 0.15) is 5.56 Å². The third-order valence-electron chi connectivity index (χ3n) is 2.65. The summed E-state index contributed by atoms with van der Waals surface area (Å²) in [5, 5.41) is 0.871. The molecule has 1 heterocycles. The zero-order valence-corrected chi connectivity index (χ0v) is 10.8. The molecular weight excluding hydrogens is 254 g/mol. The number of carbonyl (C=O) groups is 1. The summed E-state index contributed by atoms with van der Waals surface area (Å²) in [6.07, 6.45) is 1.48. The van der Waals surface area contributed by atoms with Crippen molar-refractivity contribution in [1.82, 2.24) is 4.57 Å². The smallest absolute Gasteiger partial charge is 0.343 e. The summed E-state index contributed by atoms with van der Waals surface area (Å²) in [5.41, 5.74) is 0.385. The number of ether oxygens (including phenoxy) is 1. The van der Waals surface area contributed by atoms with E-state index < -0.39 is 5.97 Å². The first-order valence-corrected chi connectivity index (χ1v) is 5.88. The Kier molecular flexibility index (Phi) is 3.39. The van der Waals surface area contributed by atoms with Crippen molar-refractivity contribution in [3.05, 3.63) is 45.2 Å². The SMILES string of the molecule is CCOC(=O)c1cn(C)c2ccc(Cl)cc2c1=O. The number of aryl methyl sites for hydroxylation is 1. The Bertz CT molecular complexity index is 676. The molecule has 18 heavy (non-hydrogen) atoms. The number of fused-ring (bicyclic) bond motifs is 1. The largest absolute Gasteiger partial charge is 0.462 e. The first kappa shape index (κ1) is 12.6. The first-order chi connectivity index (χ1) is 8.54. The van der Waals surface area contributed by atoms with E-state index in [1.54, 1.807) is 36.7 Å². The molecule has 94 valence electrons. The Balaban J connectivity index is 2.75. The van der Waals surface area contributed by atoms with Gasteiger partial charge in [0.05, 0.1) is 12.1 Å². The topological polar surface area (TPSA) is 48.3 Å². The Morgan fingerprint density at radius 3 is 2.83 bits per heavy atom. The van der Waals surface area contributed by atoms with Gasteiger partial charge >= 0.3 is 5.97 Å². The van der Waals surface area contributed by atoms with E-state index in [1.165, 1.54) is 6.20 Å². The molecule has 0 aliphatic carbocycles. The van der Waals surface area contributed by atoms with Crippen LogP contribution in [0.1, 0.15) is 17.3 Å². The van der Waals surface area contributed by atoms with Gasteiger partial charge in [-0.05, 0) is 25.1 Å². The molecule has 1 aromatic heterocycles. The van der Waals surface area contributed by atoms with E-state index in [4.69, 9.17) is 16.3 Å². The molecule has 1 aromatic carbocycles. The third-order valence-corrected chi connectivity index (χ3v) is 2.88. The second-order valence-corrected chi connectivity index (χ2v) is 4.30. The lowest BCUT2D eigenvalue weighted by atomic mass is 10.1. The highest BCUT2D eigenvalue weighted by molar-refractivity contribution is 6.31. The summed E-state index contributed by atoms with van der Waals surface area (Å²) >= 11 is 5.87. The average Bonchev–Trinajstić information content (AvgIpc) is 2.33. The van der Waals surface area contributed by atoms with Crippen LogP contribution >= 0.6 is 11.6 Å². The number of esters is 1. The summed E-state index contributed by atoms with van der Waals surface area (Å²) in [5.74, 6) is -0.611. The van der Waals surface area contributed by atoms with Crippen molar-refractivity contribution in [1.29, 1.82) is 0 Å². The molecular formula is C13H12ClNO3. The molecule has 0 saturated heterocycles. The van der Waals surface area contributed by atoms with Crippen molar-refractivity contribution in [3.8, 4) is 0 Å². The van der Waals surface area contributed by atoms with E-state index in [2.05, 4.69) is 0 Å². The second-order valence-electron chi connectivity index (χ2n) is 3.86. The number of hydrogen-bond acceptors (Lipinski definition) is 3. The van der Waals surface area contributed by atoms with Crippen LogP contribution in [0.4, 0.5) is 0 Å². The van der Waals surface area contributed by atoms with Gasteiger partial charge in [0, 0.05) is 23.7 Å². The predicted octanol–water partition coefficient (Wildman–Crippen LogP) is 2.37. The Morgan fingerprint density at radius 2 is 2.17 bits per heavy atom. The Hall–Kier alpha value is -1.81. The monoisotopic (exact) mass is 265 g/mol. The van der Waals surface area contributed by atoms with Crippen molar-refractivity contribution in [3.63, 3.8) is 0 Å². The normalized spacial score (nSPS) is 10.6. The van der Waals surface area contributed by atoms with Gasteiger partial charge in [0.2, 0.25) is 5.43 Å². The molecule has 0 aliphatic rings. The zero-order chi connectivity index (χ0) is 13.3. The third kappa shape index (κ3) is 2.11. The molecule has 0 amide bonds. The maximum atomic E-state index is 12.2. The van der Waals surface area contributed by atoms with Gasteiger partial charge < -0.3 is 9.30 Å². The first-order valence-electron chi connectivity index (χ1n) is 5.50. The van der Waals surface area contributed by atoms with Gasteiger partial charge in [0.25, 0.3) is 0 Å². The van der Waals surface area contributed by atoms with Gasteiger partial charge in [0.15, 0.2) is 0 Å². The molecule has 0 N–H and O–H groups in total. The van der Waals surface area contributed by atoms with Crippen LogP contribution < -0.4 is 5.43 Å². The van der Waals surface area contributed by atoms with Crippen LogP contribution in [-0.2, 0) is 11.8 Å². The molecule has 0 bridgehead atoms. The molecule has 0 aliphatic heterocycles. The lowest BCUT2D eigenvalue weighted by Gasteiger charge is -2.08. The number of carbonyl (C=O) groups excluding carboxylic acids is 1. The lowest BCUT2D eigenvalue weighted by Crippen LogP contribution is -2.20. The number of aromatic nitrogens is 1. The number of nitrogens with zero attached hydrogens (tertiary/aromatic N) is 1. The molecule has 0 saturated carbocycles. The van der Waals surface area contributed by atoms with Crippen LogP contribution in [0.2, 0.25) is 5.02 Å². The van der Waals surface area contributed by atoms with E-state index in [0.717, 1.165) is 5.52 Å². The lowest BCUT2D eigenvalue weighted by molar-refractivity contribution is 0.0524. The van der Waals surface area contributed by atoms with Crippen molar-refractivity contribution in [2.45, 2.75) is 6.92 Å². The van der Waals surface area contributed by atoms with E-state index >= 15 is 0 Å². The quantitative estimate of drug-likeness (QED) is 0.783. The highest BCUT2D eigenvalue weighted by Crippen LogP contribution is 2.17. The molecule has 5 heteroatoms. The summed E-state index contributed by atoms with van der Waals surface area (Å²) in [6.45, 7) is 1.93. The van der Waals surface area contributed by atoms with Crippen molar-refractivity contribution in [2.24, 2.45) is 7.05 Å². The van der Waals surface area contributed by atoms with E-state index in [1.807, 2.05) is 0 Å². The summed E-state index contributed by atoms with van der Waals surface area (Å²) in [4.78, 5) is 23.9. The summed E-state index contributed by atoms with van der Waals surface area (Å²) in [7, 11) is 1.76. The fourth-order valence-corrected chi connectivity index (χ4v) is 1.99. The van der Waals surface area contributed by atoms with Crippen molar-refractivity contribution >= 4 is 28.5 Å². The maximum Gasteiger partial charge on any atom is 0.343 e. The minimum Gasteiger partial charge on any atom is -0.462 e.